The second-order valence-electron chi connectivity index (χ2n) is 16.6. The van der Waals surface area contributed by atoms with E-state index in [2.05, 4.69) is 160 Å². The minimum atomic E-state index is -0.361. The van der Waals surface area contributed by atoms with Crippen molar-refractivity contribution in [3.8, 4) is 11.5 Å². The average Bonchev–Trinajstić information content (AvgIpc) is 2.92. The molecule has 4 rings (SSSR count). The van der Waals surface area contributed by atoms with Gasteiger partial charge in [0.1, 0.15) is 11.5 Å². The fourth-order valence-electron chi connectivity index (χ4n) is 6.21. The van der Waals surface area contributed by atoms with Crippen molar-refractivity contribution in [1.29, 1.82) is 0 Å². The predicted molar refractivity (Wildman–Crippen MR) is 192 cm³/mol. The lowest BCUT2D eigenvalue weighted by molar-refractivity contribution is 0.409. The highest BCUT2D eigenvalue weighted by atomic mass is 16.3. The number of hydrogen-bond donors (Lipinski definition) is 3. The Morgan fingerprint density at radius 1 is 0.489 bits per heavy atom. The standard InChI is InChI=1S/C42H55NO2/c1-39(2,3)33-22-30(23-34(37(33)44)40(4,5)6)26-42(10,11)36-25-31(24-35(38(36)45)41(7,8)9)27-43-32-19-17-29(18-20-32)21-28-15-13-12-14-16-28/h12-20,22-25,43-45H,21,26-27H2,1-11H3. The SMILES string of the molecule is CC(C)(C)c1cc(CC(C)(C)c2cc(CNc3ccc(Cc4ccccc4)cc3)cc(C(C)(C)C)c2O)cc(C(C)(C)C)c1O. The molecule has 3 heteroatoms. The predicted octanol–water partition coefficient (Wildman–Crippen LogP) is 10.7. The molecule has 0 heterocycles. The van der Waals surface area contributed by atoms with E-state index in [-0.39, 0.29) is 21.7 Å². The molecule has 0 aliphatic carbocycles. The van der Waals surface area contributed by atoms with Gasteiger partial charge in [-0.25, -0.2) is 0 Å². The molecular weight excluding hydrogens is 550 g/mol. The Kier molecular flexibility index (Phi) is 9.55. The molecule has 0 saturated carbocycles. The van der Waals surface area contributed by atoms with E-state index < -0.39 is 0 Å². The van der Waals surface area contributed by atoms with Crippen LogP contribution in [0.25, 0.3) is 0 Å². The van der Waals surface area contributed by atoms with Crippen LogP contribution in [0.5, 0.6) is 11.5 Å². The maximum absolute atomic E-state index is 11.8. The van der Waals surface area contributed by atoms with Crippen LogP contribution in [0.3, 0.4) is 0 Å². The molecule has 3 N–H and O–H groups in total. The van der Waals surface area contributed by atoms with Crippen molar-refractivity contribution in [3.05, 3.63) is 123 Å². The van der Waals surface area contributed by atoms with Gasteiger partial charge >= 0.3 is 0 Å². The van der Waals surface area contributed by atoms with Gasteiger partial charge in [-0.15, -0.1) is 0 Å². The number of phenolic OH excluding ortho intramolecular Hbond substituents is 2. The first-order valence-electron chi connectivity index (χ1n) is 16.4. The van der Waals surface area contributed by atoms with E-state index in [0.717, 1.165) is 46.3 Å². The largest absolute Gasteiger partial charge is 0.507 e. The smallest absolute Gasteiger partial charge is 0.123 e. The van der Waals surface area contributed by atoms with E-state index in [1.54, 1.807) is 0 Å². The number of anilines is 1. The van der Waals surface area contributed by atoms with Crippen LogP contribution in [0.4, 0.5) is 5.69 Å². The third-order valence-corrected chi connectivity index (χ3v) is 8.84. The minimum Gasteiger partial charge on any atom is -0.507 e. The van der Waals surface area contributed by atoms with Gasteiger partial charge in [0.2, 0.25) is 0 Å². The number of rotatable bonds is 8. The molecular formula is C42H55NO2. The van der Waals surface area contributed by atoms with Gasteiger partial charge in [0, 0.05) is 17.8 Å². The molecule has 3 nitrogen and oxygen atoms in total. The first kappa shape index (κ1) is 34.2. The van der Waals surface area contributed by atoms with E-state index >= 15 is 0 Å². The van der Waals surface area contributed by atoms with Crippen LogP contribution < -0.4 is 5.32 Å². The molecule has 0 aromatic heterocycles. The third kappa shape index (κ3) is 8.31. The summed E-state index contributed by atoms with van der Waals surface area (Å²) in [5, 5.41) is 26.7. The van der Waals surface area contributed by atoms with Gasteiger partial charge in [-0.05, 0) is 97.7 Å². The van der Waals surface area contributed by atoms with Gasteiger partial charge in [-0.2, -0.15) is 0 Å². The zero-order valence-corrected chi connectivity index (χ0v) is 29.5. The normalized spacial score (nSPS) is 12.8. The van der Waals surface area contributed by atoms with Crippen LogP contribution in [0.1, 0.15) is 121 Å². The van der Waals surface area contributed by atoms with Crippen LogP contribution in [0.15, 0.2) is 78.9 Å². The monoisotopic (exact) mass is 605 g/mol. The molecule has 0 aliphatic heterocycles. The Balaban J connectivity index is 1.65. The zero-order chi connectivity index (χ0) is 33.4. The van der Waals surface area contributed by atoms with Crippen LogP contribution in [-0.2, 0) is 41.0 Å². The van der Waals surface area contributed by atoms with Crippen LogP contribution >= 0.6 is 0 Å². The quantitative estimate of drug-likeness (QED) is 0.187. The summed E-state index contributed by atoms with van der Waals surface area (Å²) < 4.78 is 0. The Morgan fingerprint density at radius 3 is 1.40 bits per heavy atom. The van der Waals surface area contributed by atoms with E-state index in [9.17, 15) is 10.2 Å². The highest BCUT2D eigenvalue weighted by Gasteiger charge is 2.32. The van der Waals surface area contributed by atoms with Crippen molar-refractivity contribution < 1.29 is 10.2 Å². The highest BCUT2D eigenvalue weighted by Crippen LogP contribution is 2.44. The molecule has 0 unspecified atom stereocenters. The molecule has 4 aromatic carbocycles. The highest BCUT2D eigenvalue weighted by molar-refractivity contribution is 5.54. The molecule has 0 amide bonds. The van der Waals surface area contributed by atoms with Crippen molar-refractivity contribution in [3.63, 3.8) is 0 Å². The van der Waals surface area contributed by atoms with Gasteiger partial charge < -0.3 is 15.5 Å². The van der Waals surface area contributed by atoms with Crippen molar-refractivity contribution in [1.82, 2.24) is 0 Å². The van der Waals surface area contributed by atoms with Crippen molar-refractivity contribution in [2.24, 2.45) is 0 Å². The summed E-state index contributed by atoms with van der Waals surface area (Å²) in [5.41, 5.74) is 8.85. The van der Waals surface area contributed by atoms with Gasteiger partial charge in [0.15, 0.2) is 0 Å². The molecule has 45 heavy (non-hydrogen) atoms. The summed E-state index contributed by atoms with van der Waals surface area (Å²) in [6.07, 6.45) is 1.65. The summed E-state index contributed by atoms with van der Waals surface area (Å²) in [6.45, 7) is 24.5. The van der Waals surface area contributed by atoms with E-state index in [4.69, 9.17) is 0 Å². The Labute approximate surface area is 272 Å². The summed E-state index contributed by atoms with van der Waals surface area (Å²) in [5.74, 6) is 0.781. The average molecular weight is 606 g/mol. The number of benzene rings is 4. The van der Waals surface area contributed by atoms with Crippen LogP contribution in [0, 0.1) is 0 Å². The second-order valence-corrected chi connectivity index (χ2v) is 16.6. The maximum Gasteiger partial charge on any atom is 0.123 e. The maximum atomic E-state index is 11.8. The lowest BCUT2D eigenvalue weighted by Gasteiger charge is -2.33. The van der Waals surface area contributed by atoms with Crippen molar-refractivity contribution in [2.45, 2.75) is 117 Å². The number of hydrogen-bond acceptors (Lipinski definition) is 3. The lowest BCUT2D eigenvalue weighted by atomic mass is 9.72. The fraction of sp³-hybridized carbons (Fsp3) is 0.429. The van der Waals surface area contributed by atoms with Crippen molar-refractivity contribution in [2.75, 3.05) is 5.32 Å². The molecule has 0 bridgehead atoms. The van der Waals surface area contributed by atoms with Gasteiger partial charge in [0.05, 0.1) is 0 Å². The molecule has 0 saturated heterocycles. The Morgan fingerprint density at radius 2 is 0.911 bits per heavy atom. The van der Waals surface area contributed by atoms with Gasteiger partial charge in [-0.1, -0.05) is 131 Å². The molecule has 0 aliphatic rings. The number of nitrogens with one attached hydrogen (secondary N) is 1. The summed E-state index contributed by atoms with van der Waals surface area (Å²) >= 11 is 0. The summed E-state index contributed by atoms with van der Waals surface area (Å²) in [4.78, 5) is 0. The van der Waals surface area contributed by atoms with Gasteiger partial charge in [0.25, 0.3) is 0 Å². The minimum absolute atomic E-state index is 0.197. The molecule has 0 fully saturated rings. The van der Waals surface area contributed by atoms with Gasteiger partial charge in [-0.3, -0.25) is 0 Å². The zero-order valence-electron chi connectivity index (χ0n) is 29.5. The topological polar surface area (TPSA) is 52.5 Å². The van der Waals surface area contributed by atoms with E-state index in [0.29, 0.717) is 18.0 Å². The number of aromatic hydroxyl groups is 2. The van der Waals surface area contributed by atoms with Crippen LogP contribution in [-0.4, -0.2) is 10.2 Å². The summed E-state index contributed by atoms with van der Waals surface area (Å²) in [7, 11) is 0. The molecule has 4 aromatic rings. The van der Waals surface area contributed by atoms with E-state index in [1.807, 2.05) is 0 Å². The first-order chi connectivity index (χ1) is 20.8. The summed E-state index contributed by atoms with van der Waals surface area (Å²) in [6, 6.07) is 27.9. The lowest BCUT2D eigenvalue weighted by Crippen LogP contribution is -2.25. The number of phenols is 2. The van der Waals surface area contributed by atoms with E-state index in [1.165, 1.54) is 16.7 Å². The van der Waals surface area contributed by atoms with Crippen LogP contribution in [0.2, 0.25) is 0 Å². The third-order valence-electron chi connectivity index (χ3n) is 8.84. The molecule has 0 atom stereocenters. The Hall–Kier alpha value is -3.72. The first-order valence-corrected chi connectivity index (χ1v) is 16.4. The molecule has 240 valence electrons. The van der Waals surface area contributed by atoms with Crippen molar-refractivity contribution >= 4 is 5.69 Å². The Bertz CT molecular complexity index is 1570. The second kappa shape index (κ2) is 12.6. The molecule has 0 radical (unpaired) electrons. The fourth-order valence-corrected chi connectivity index (χ4v) is 6.21. The molecule has 0 spiro atoms.